The quantitative estimate of drug-likeness (QED) is 0.340. The monoisotopic (exact) mass is 546 g/mol. The van der Waals surface area contributed by atoms with Gasteiger partial charge in [-0.25, -0.2) is 9.29 Å². The number of methoxy groups -OCH3 is 1. The molecule has 3 heterocycles. The highest BCUT2D eigenvalue weighted by atomic mass is 79.9. The van der Waals surface area contributed by atoms with E-state index in [1.54, 1.807) is 30.5 Å². The summed E-state index contributed by atoms with van der Waals surface area (Å²) in [5.74, 6) is -3.26. The third-order valence-corrected chi connectivity index (χ3v) is 7.88. The number of carbonyl (C=O) groups is 3. The summed E-state index contributed by atoms with van der Waals surface area (Å²) in [5, 5.41) is 0. The number of hydrogen-bond acceptors (Lipinski definition) is 5. The summed E-state index contributed by atoms with van der Waals surface area (Å²) in [5.41, 5.74) is 2.07. The van der Waals surface area contributed by atoms with Crippen molar-refractivity contribution < 1.29 is 23.5 Å². The third-order valence-electron chi connectivity index (χ3n) is 7.26. The lowest BCUT2D eigenvalue weighted by molar-refractivity contribution is -0.123. The molecule has 3 aliphatic heterocycles. The van der Waals surface area contributed by atoms with Crippen LogP contribution in [0.15, 0.2) is 77.4 Å². The van der Waals surface area contributed by atoms with Crippen LogP contribution in [0.25, 0.3) is 6.08 Å². The van der Waals surface area contributed by atoms with Crippen LogP contribution in [0.4, 0.5) is 10.1 Å². The Bertz CT molecular complexity index is 1470. The van der Waals surface area contributed by atoms with E-state index in [1.807, 2.05) is 35.2 Å². The van der Waals surface area contributed by atoms with Gasteiger partial charge in [0.15, 0.2) is 5.78 Å². The van der Waals surface area contributed by atoms with E-state index >= 15 is 0 Å². The van der Waals surface area contributed by atoms with Crippen molar-refractivity contribution >= 4 is 45.3 Å². The van der Waals surface area contributed by atoms with Crippen molar-refractivity contribution in [3.8, 4) is 5.75 Å². The fraction of sp³-hybridized carbons (Fsp3) is 0.179. The minimum absolute atomic E-state index is 0.0912. The summed E-state index contributed by atoms with van der Waals surface area (Å²) in [6, 6.07) is 16.8. The Morgan fingerprint density at radius 1 is 0.972 bits per heavy atom. The van der Waals surface area contributed by atoms with E-state index < -0.39 is 41.6 Å². The largest absolute Gasteiger partial charge is 0.496 e. The average molecular weight is 547 g/mol. The lowest BCUT2D eigenvalue weighted by atomic mass is 9.83. The van der Waals surface area contributed by atoms with E-state index in [0.717, 1.165) is 16.0 Å². The molecule has 3 aromatic carbocycles. The Hall–Kier alpha value is -3.78. The van der Waals surface area contributed by atoms with Crippen LogP contribution < -0.4 is 9.64 Å². The number of anilines is 1. The van der Waals surface area contributed by atoms with Crippen LogP contribution in [0.2, 0.25) is 0 Å². The molecule has 6 rings (SSSR count). The number of benzene rings is 3. The van der Waals surface area contributed by atoms with Gasteiger partial charge in [0.1, 0.15) is 17.6 Å². The van der Waals surface area contributed by atoms with Crippen LogP contribution in [-0.4, -0.2) is 35.6 Å². The third kappa shape index (κ3) is 3.17. The lowest BCUT2D eigenvalue weighted by Crippen LogP contribution is -2.44. The summed E-state index contributed by atoms with van der Waals surface area (Å²) in [4.78, 5) is 44.4. The number of ether oxygens (including phenoxy) is 1. The maximum absolute atomic E-state index is 14.7. The summed E-state index contributed by atoms with van der Waals surface area (Å²) < 4.78 is 20.6. The molecule has 0 unspecified atom stereocenters. The van der Waals surface area contributed by atoms with Crippen molar-refractivity contribution in [3.05, 3.63) is 99.9 Å². The molecule has 0 spiro atoms. The van der Waals surface area contributed by atoms with E-state index in [0.29, 0.717) is 15.8 Å². The number of para-hydroxylation sites is 1. The number of hydrogen-bond donors (Lipinski definition) is 0. The second kappa shape index (κ2) is 8.41. The molecule has 36 heavy (non-hydrogen) atoms. The summed E-state index contributed by atoms with van der Waals surface area (Å²) in [7, 11) is 1.53. The van der Waals surface area contributed by atoms with Gasteiger partial charge >= 0.3 is 0 Å². The van der Waals surface area contributed by atoms with Gasteiger partial charge < -0.3 is 9.64 Å². The number of fused-ring (bicyclic) bond motifs is 5. The van der Waals surface area contributed by atoms with Crippen LogP contribution in [0, 0.1) is 17.7 Å². The first-order valence-electron chi connectivity index (χ1n) is 11.5. The maximum Gasteiger partial charge on any atom is 0.240 e. The number of Topliss-reactive ketones (excluding diaryl/α,β-unsaturated/α-hetero) is 1. The molecule has 6 nitrogen and oxygen atoms in total. The molecule has 3 aromatic rings. The predicted octanol–water partition coefficient (Wildman–Crippen LogP) is 5.00. The highest BCUT2D eigenvalue weighted by Crippen LogP contribution is 2.54. The van der Waals surface area contributed by atoms with Gasteiger partial charge in [0, 0.05) is 11.8 Å². The number of carbonyl (C=O) groups excluding carboxylic acids is 3. The molecule has 0 N–H and O–H groups in total. The molecule has 0 saturated carbocycles. The zero-order valence-electron chi connectivity index (χ0n) is 19.1. The van der Waals surface area contributed by atoms with Crippen molar-refractivity contribution in [2.75, 3.05) is 12.0 Å². The summed E-state index contributed by atoms with van der Waals surface area (Å²) in [6.07, 6.45) is 3.68. The number of amides is 2. The molecule has 0 aliphatic carbocycles. The molecule has 3 aliphatic rings. The standard InChI is InChI=1S/C28H20BrFN2O4/c1-36-21-11-10-16(14-18(21)29)26(33)25-23-22(24-17-7-3-2-6-15(17)12-13-31(24)25)27(34)32(28(23)35)20-9-5-4-8-19(20)30/h2-14,22-25H,1H3/t22-,23+,24+,25-/m1/s1. The average Bonchev–Trinajstić information content (AvgIpc) is 3.36. The van der Waals surface area contributed by atoms with Crippen molar-refractivity contribution in [1.29, 1.82) is 0 Å². The zero-order chi connectivity index (χ0) is 25.1. The van der Waals surface area contributed by atoms with Gasteiger partial charge in [0.05, 0.1) is 35.1 Å². The van der Waals surface area contributed by atoms with Crippen molar-refractivity contribution in [2.45, 2.75) is 12.1 Å². The first-order chi connectivity index (χ1) is 17.4. The van der Waals surface area contributed by atoms with Crippen LogP contribution in [-0.2, 0) is 9.59 Å². The van der Waals surface area contributed by atoms with Gasteiger partial charge in [-0.2, -0.15) is 0 Å². The molecular weight excluding hydrogens is 527 g/mol. The Morgan fingerprint density at radius 2 is 1.69 bits per heavy atom. The lowest BCUT2D eigenvalue weighted by Gasteiger charge is -2.35. The van der Waals surface area contributed by atoms with Gasteiger partial charge in [-0.1, -0.05) is 36.4 Å². The van der Waals surface area contributed by atoms with E-state index in [2.05, 4.69) is 15.9 Å². The fourth-order valence-corrected chi connectivity index (χ4v) is 6.26. The maximum atomic E-state index is 14.7. The number of halogens is 2. The van der Waals surface area contributed by atoms with Crippen LogP contribution >= 0.6 is 15.9 Å². The SMILES string of the molecule is COc1ccc(C(=O)[C@H]2[C@H]3C(=O)N(c4ccccc4F)C(=O)[C@H]3[C@@H]3c4ccccc4C=CN23)cc1Br. The van der Waals surface area contributed by atoms with Crippen molar-refractivity contribution in [2.24, 2.45) is 11.8 Å². The smallest absolute Gasteiger partial charge is 0.240 e. The predicted molar refractivity (Wildman–Crippen MR) is 135 cm³/mol. The van der Waals surface area contributed by atoms with Crippen LogP contribution in [0.5, 0.6) is 5.75 Å². The second-order valence-corrected chi connectivity index (χ2v) is 9.86. The molecule has 2 fully saturated rings. The minimum atomic E-state index is -0.966. The van der Waals surface area contributed by atoms with Gasteiger partial charge in [-0.15, -0.1) is 0 Å². The Balaban J connectivity index is 1.50. The van der Waals surface area contributed by atoms with Gasteiger partial charge in [0.25, 0.3) is 0 Å². The van der Waals surface area contributed by atoms with E-state index in [1.165, 1.54) is 25.3 Å². The van der Waals surface area contributed by atoms with Gasteiger partial charge in [0.2, 0.25) is 11.8 Å². The molecule has 2 amide bonds. The molecule has 0 bridgehead atoms. The highest BCUT2D eigenvalue weighted by molar-refractivity contribution is 9.10. The number of imide groups is 1. The van der Waals surface area contributed by atoms with Gasteiger partial charge in [-0.3, -0.25) is 14.4 Å². The summed E-state index contributed by atoms with van der Waals surface area (Å²) >= 11 is 3.42. The second-order valence-electron chi connectivity index (χ2n) is 9.01. The highest BCUT2D eigenvalue weighted by Gasteiger charge is 2.64. The Labute approximate surface area is 215 Å². The van der Waals surface area contributed by atoms with Crippen molar-refractivity contribution in [1.82, 2.24) is 4.90 Å². The Morgan fingerprint density at radius 3 is 2.44 bits per heavy atom. The molecule has 0 aromatic heterocycles. The first kappa shape index (κ1) is 22.7. The Kier molecular flexibility index (Phi) is 5.30. The molecular formula is C28H20BrFN2O4. The van der Waals surface area contributed by atoms with Crippen molar-refractivity contribution in [3.63, 3.8) is 0 Å². The number of ketones is 1. The first-order valence-corrected chi connectivity index (χ1v) is 12.3. The van der Waals surface area contributed by atoms with Crippen LogP contribution in [0.1, 0.15) is 27.5 Å². The normalized spacial score (nSPS) is 24.0. The van der Waals surface area contributed by atoms with Crippen LogP contribution in [0.3, 0.4) is 0 Å². The number of rotatable bonds is 4. The molecule has 4 atom stereocenters. The van der Waals surface area contributed by atoms with Gasteiger partial charge in [-0.05, 0) is 63.5 Å². The summed E-state index contributed by atoms with van der Waals surface area (Å²) in [6.45, 7) is 0. The molecule has 8 heteroatoms. The minimum Gasteiger partial charge on any atom is -0.496 e. The molecule has 2 saturated heterocycles. The number of nitrogens with zero attached hydrogens (tertiary/aromatic N) is 2. The molecule has 0 radical (unpaired) electrons. The van der Waals surface area contributed by atoms with E-state index in [4.69, 9.17) is 4.74 Å². The zero-order valence-corrected chi connectivity index (χ0v) is 20.7. The molecule has 180 valence electrons. The fourth-order valence-electron chi connectivity index (χ4n) is 5.72. The van der Waals surface area contributed by atoms with E-state index in [-0.39, 0.29) is 11.5 Å². The topological polar surface area (TPSA) is 66.9 Å². The van der Waals surface area contributed by atoms with E-state index in [9.17, 15) is 18.8 Å².